The minimum atomic E-state index is -0.337. The average Bonchev–Trinajstić information content (AvgIpc) is 3.54. The predicted octanol–water partition coefficient (Wildman–Crippen LogP) is 3.26. The van der Waals surface area contributed by atoms with Crippen molar-refractivity contribution in [3.8, 4) is 11.5 Å². The summed E-state index contributed by atoms with van der Waals surface area (Å²) in [5, 5.41) is 0. The molecule has 3 amide bonds. The van der Waals surface area contributed by atoms with Gasteiger partial charge in [-0.3, -0.25) is 9.59 Å². The highest BCUT2D eigenvalue weighted by molar-refractivity contribution is 5.97. The Labute approximate surface area is 216 Å². The van der Waals surface area contributed by atoms with Crippen molar-refractivity contribution in [3.63, 3.8) is 0 Å². The molecule has 9 nitrogen and oxygen atoms in total. The van der Waals surface area contributed by atoms with Crippen LogP contribution in [0.1, 0.15) is 31.2 Å². The lowest BCUT2D eigenvalue weighted by molar-refractivity contribution is -0.134. The molecule has 2 fully saturated rings. The molecule has 0 saturated carbocycles. The number of amides is 3. The molecule has 5 rings (SSSR count). The first-order valence-electron chi connectivity index (χ1n) is 12.9. The van der Waals surface area contributed by atoms with Gasteiger partial charge < -0.3 is 28.9 Å². The number of benzene rings is 2. The first-order chi connectivity index (χ1) is 18.0. The van der Waals surface area contributed by atoms with E-state index in [0.717, 1.165) is 17.9 Å². The number of likely N-dealkylation sites (tertiary alicyclic amines) is 1. The van der Waals surface area contributed by atoms with Crippen molar-refractivity contribution in [2.24, 2.45) is 0 Å². The number of fused-ring (bicyclic) bond motifs is 1. The molecule has 3 aliphatic rings. The van der Waals surface area contributed by atoms with Gasteiger partial charge in [-0.15, -0.1) is 0 Å². The van der Waals surface area contributed by atoms with Crippen LogP contribution in [0.15, 0.2) is 48.5 Å². The van der Waals surface area contributed by atoms with E-state index in [1.54, 1.807) is 16.9 Å². The zero-order valence-electron chi connectivity index (χ0n) is 21.1. The SMILES string of the molecule is COc1ccc(OCC2CN(C3CCN(C(=O)CCC(=O)N4CCc5ccccc54)CC3)C(=O)O2)cc1. The van der Waals surface area contributed by atoms with E-state index in [-0.39, 0.29) is 49.5 Å². The summed E-state index contributed by atoms with van der Waals surface area (Å²) in [6.07, 6.45) is 2.00. The van der Waals surface area contributed by atoms with Gasteiger partial charge in [0.15, 0.2) is 6.10 Å². The molecule has 2 aromatic rings. The lowest BCUT2D eigenvalue weighted by Gasteiger charge is -2.35. The van der Waals surface area contributed by atoms with Crippen LogP contribution in [-0.2, 0) is 20.7 Å². The van der Waals surface area contributed by atoms with Gasteiger partial charge in [0.05, 0.1) is 13.7 Å². The van der Waals surface area contributed by atoms with Gasteiger partial charge in [0.25, 0.3) is 0 Å². The van der Waals surface area contributed by atoms with E-state index in [2.05, 4.69) is 0 Å². The first-order valence-corrected chi connectivity index (χ1v) is 12.9. The van der Waals surface area contributed by atoms with Crippen LogP contribution in [0.3, 0.4) is 0 Å². The van der Waals surface area contributed by atoms with Crippen molar-refractivity contribution in [2.45, 2.75) is 44.2 Å². The zero-order valence-corrected chi connectivity index (χ0v) is 21.1. The molecule has 0 N–H and O–H groups in total. The van der Waals surface area contributed by atoms with Gasteiger partial charge >= 0.3 is 6.09 Å². The van der Waals surface area contributed by atoms with E-state index < -0.39 is 0 Å². The van der Waals surface area contributed by atoms with Gasteiger partial charge in [-0.25, -0.2) is 4.79 Å². The average molecular weight is 508 g/mol. The number of methoxy groups -OCH3 is 1. The zero-order chi connectivity index (χ0) is 25.8. The molecule has 3 heterocycles. The molecule has 9 heteroatoms. The van der Waals surface area contributed by atoms with Gasteiger partial charge in [-0.1, -0.05) is 18.2 Å². The van der Waals surface area contributed by atoms with E-state index in [1.807, 2.05) is 53.4 Å². The molecule has 0 aliphatic carbocycles. The number of cyclic esters (lactones) is 1. The number of hydrogen-bond acceptors (Lipinski definition) is 6. The van der Waals surface area contributed by atoms with E-state index in [4.69, 9.17) is 14.2 Å². The summed E-state index contributed by atoms with van der Waals surface area (Å²) in [7, 11) is 1.61. The van der Waals surface area contributed by atoms with Crippen molar-refractivity contribution < 1.29 is 28.6 Å². The fraction of sp³-hybridized carbons (Fsp3) is 0.464. The number of hydrogen-bond donors (Lipinski definition) is 0. The Hall–Kier alpha value is -3.75. The molecule has 1 unspecified atom stereocenters. The molecule has 0 aromatic heterocycles. The standard InChI is InChI=1S/C28H33N3O6/c1-35-22-6-8-23(9-7-22)36-19-24-18-31(28(34)37-24)21-13-15-29(16-14-21)26(32)10-11-27(33)30-17-12-20-4-2-3-5-25(20)30/h2-9,21,24H,10-19H2,1H3. The number of nitrogens with zero attached hydrogens (tertiary/aromatic N) is 3. The maximum absolute atomic E-state index is 12.8. The molecule has 196 valence electrons. The van der Waals surface area contributed by atoms with E-state index in [9.17, 15) is 14.4 Å². The van der Waals surface area contributed by atoms with Gasteiger partial charge in [0.2, 0.25) is 11.8 Å². The number of carbonyl (C=O) groups is 3. The third kappa shape index (κ3) is 5.65. The van der Waals surface area contributed by atoms with Gasteiger partial charge in [0.1, 0.15) is 18.1 Å². The quantitative estimate of drug-likeness (QED) is 0.545. The van der Waals surface area contributed by atoms with Crippen LogP contribution in [0, 0.1) is 0 Å². The summed E-state index contributed by atoms with van der Waals surface area (Å²) in [5.74, 6) is 1.43. The molecule has 2 aromatic carbocycles. The lowest BCUT2D eigenvalue weighted by atomic mass is 10.0. The van der Waals surface area contributed by atoms with Crippen LogP contribution in [0.5, 0.6) is 11.5 Å². The Morgan fingerprint density at radius 2 is 1.65 bits per heavy atom. The maximum Gasteiger partial charge on any atom is 0.410 e. The molecule has 1 atom stereocenters. The summed E-state index contributed by atoms with van der Waals surface area (Å²) in [6.45, 7) is 2.57. The van der Waals surface area contributed by atoms with Crippen molar-refractivity contribution in [2.75, 3.05) is 44.8 Å². The van der Waals surface area contributed by atoms with Crippen LogP contribution < -0.4 is 14.4 Å². The fourth-order valence-electron chi connectivity index (χ4n) is 5.32. The van der Waals surface area contributed by atoms with Crippen molar-refractivity contribution in [3.05, 3.63) is 54.1 Å². The largest absolute Gasteiger partial charge is 0.497 e. The fourth-order valence-corrected chi connectivity index (χ4v) is 5.32. The van der Waals surface area contributed by atoms with Crippen LogP contribution in [0.2, 0.25) is 0 Å². The smallest absolute Gasteiger partial charge is 0.410 e. The van der Waals surface area contributed by atoms with Crippen LogP contribution in [0.4, 0.5) is 10.5 Å². The molecule has 0 radical (unpaired) electrons. The minimum Gasteiger partial charge on any atom is -0.497 e. The normalized spacial score (nSPS) is 19.5. The Morgan fingerprint density at radius 1 is 0.946 bits per heavy atom. The highest BCUT2D eigenvalue weighted by Gasteiger charge is 2.38. The highest BCUT2D eigenvalue weighted by atomic mass is 16.6. The minimum absolute atomic E-state index is 0.00380. The summed E-state index contributed by atoms with van der Waals surface area (Å²) in [5.41, 5.74) is 2.14. The van der Waals surface area contributed by atoms with Crippen molar-refractivity contribution in [1.29, 1.82) is 0 Å². The Kier molecular flexibility index (Phi) is 7.48. The van der Waals surface area contributed by atoms with E-state index in [0.29, 0.717) is 44.8 Å². The molecular formula is C28H33N3O6. The van der Waals surface area contributed by atoms with Crippen molar-refractivity contribution >= 4 is 23.6 Å². The summed E-state index contributed by atoms with van der Waals surface area (Å²) < 4.78 is 16.5. The van der Waals surface area contributed by atoms with Crippen molar-refractivity contribution in [1.82, 2.24) is 9.80 Å². The Bertz CT molecular complexity index is 1130. The van der Waals surface area contributed by atoms with Crippen LogP contribution >= 0.6 is 0 Å². The number of ether oxygens (including phenoxy) is 3. The Balaban J connectivity index is 1.04. The number of carbonyl (C=O) groups excluding carboxylic acids is 3. The number of para-hydroxylation sites is 1. The molecule has 2 saturated heterocycles. The number of rotatable bonds is 8. The van der Waals surface area contributed by atoms with E-state index >= 15 is 0 Å². The molecule has 0 spiro atoms. The second kappa shape index (κ2) is 11.1. The number of piperidine rings is 1. The maximum atomic E-state index is 12.8. The molecule has 37 heavy (non-hydrogen) atoms. The summed E-state index contributed by atoms with van der Waals surface area (Å²) >= 11 is 0. The Morgan fingerprint density at radius 3 is 2.41 bits per heavy atom. The summed E-state index contributed by atoms with van der Waals surface area (Å²) in [4.78, 5) is 43.4. The third-order valence-corrected chi connectivity index (χ3v) is 7.40. The third-order valence-electron chi connectivity index (χ3n) is 7.40. The van der Waals surface area contributed by atoms with Crippen LogP contribution in [0.25, 0.3) is 0 Å². The first kappa shape index (κ1) is 24.9. The summed E-state index contributed by atoms with van der Waals surface area (Å²) in [6, 6.07) is 15.2. The lowest BCUT2D eigenvalue weighted by Crippen LogP contribution is -2.47. The second-order valence-corrected chi connectivity index (χ2v) is 9.68. The van der Waals surface area contributed by atoms with Crippen LogP contribution in [-0.4, -0.2) is 79.7 Å². The molecular weight excluding hydrogens is 474 g/mol. The van der Waals surface area contributed by atoms with E-state index in [1.165, 1.54) is 5.56 Å². The predicted molar refractivity (Wildman–Crippen MR) is 137 cm³/mol. The second-order valence-electron chi connectivity index (χ2n) is 9.68. The van der Waals surface area contributed by atoms with Gasteiger partial charge in [-0.2, -0.15) is 0 Å². The monoisotopic (exact) mass is 507 g/mol. The van der Waals surface area contributed by atoms with Gasteiger partial charge in [-0.05, 0) is 55.2 Å². The molecule has 0 bridgehead atoms. The highest BCUT2D eigenvalue weighted by Crippen LogP contribution is 2.28. The molecule has 3 aliphatic heterocycles. The van der Waals surface area contributed by atoms with Gasteiger partial charge in [0, 0.05) is 44.2 Å². The topological polar surface area (TPSA) is 88.6 Å². The number of anilines is 1.